The lowest BCUT2D eigenvalue weighted by Gasteiger charge is -2.22. The molecule has 100 valence electrons. The van der Waals surface area contributed by atoms with Crippen LogP contribution in [-0.4, -0.2) is 6.04 Å². The van der Waals surface area contributed by atoms with E-state index in [4.69, 9.17) is 0 Å². The quantitative estimate of drug-likeness (QED) is 0.784. The maximum absolute atomic E-state index is 3.81. The molecule has 2 heteroatoms. The van der Waals surface area contributed by atoms with E-state index in [1.54, 1.807) is 0 Å². The SMILES string of the molecule is CCC1CCCC1Nc1ccccc1-c1cccs1. The minimum Gasteiger partial charge on any atom is -0.382 e. The molecule has 0 radical (unpaired) electrons. The van der Waals surface area contributed by atoms with Crippen molar-refractivity contribution in [2.24, 2.45) is 5.92 Å². The fraction of sp³-hybridized carbons (Fsp3) is 0.412. The van der Waals surface area contributed by atoms with E-state index in [1.165, 1.54) is 41.8 Å². The number of thiophene rings is 1. The van der Waals surface area contributed by atoms with Gasteiger partial charge in [-0.05, 0) is 36.3 Å². The van der Waals surface area contributed by atoms with Gasteiger partial charge < -0.3 is 5.32 Å². The summed E-state index contributed by atoms with van der Waals surface area (Å²) in [6.07, 6.45) is 5.36. The number of hydrogen-bond acceptors (Lipinski definition) is 2. The highest BCUT2D eigenvalue weighted by molar-refractivity contribution is 7.13. The van der Waals surface area contributed by atoms with Crippen LogP contribution in [0.4, 0.5) is 5.69 Å². The van der Waals surface area contributed by atoms with Gasteiger partial charge in [0.15, 0.2) is 0 Å². The average molecular weight is 271 g/mol. The number of hydrogen-bond donors (Lipinski definition) is 1. The molecule has 2 atom stereocenters. The smallest absolute Gasteiger partial charge is 0.0430 e. The Bertz CT molecular complexity index is 518. The molecule has 0 spiro atoms. The van der Waals surface area contributed by atoms with Crippen LogP contribution >= 0.6 is 11.3 Å². The van der Waals surface area contributed by atoms with E-state index in [9.17, 15) is 0 Å². The molecule has 1 N–H and O–H groups in total. The van der Waals surface area contributed by atoms with Crippen LogP contribution in [0.2, 0.25) is 0 Å². The number of benzene rings is 1. The Morgan fingerprint density at radius 2 is 2.05 bits per heavy atom. The van der Waals surface area contributed by atoms with Gasteiger partial charge in [0, 0.05) is 22.2 Å². The Kier molecular flexibility index (Phi) is 3.88. The van der Waals surface area contributed by atoms with Gasteiger partial charge in [-0.25, -0.2) is 0 Å². The molecular formula is C17H21NS. The molecule has 1 heterocycles. The molecule has 2 aromatic rings. The summed E-state index contributed by atoms with van der Waals surface area (Å²) in [5.41, 5.74) is 2.65. The van der Waals surface area contributed by atoms with Gasteiger partial charge in [0.1, 0.15) is 0 Å². The summed E-state index contributed by atoms with van der Waals surface area (Å²) in [4.78, 5) is 1.36. The molecule has 1 aliphatic rings. The second kappa shape index (κ2) is 5.79. The van der Waals surface area contributed by atoms with Crippen LogP contribution < -0.4 is 5.32 Å². The summed E-state index contributed by atoms with van der Waals surface area (Å²) in [5, 5.41) is 5.95. The van der Waals surface area contributed by atoms with E-state index in [0.717, 1.165) is 5.92 Å². The first kappa shape index (κ1) is 12.7. The zero-order valence-electron chi connectivity index (χ0n) is 11.4. The molecule has 0 bridgehead atoms. The van der Waals surface area contributed by atoms with E-state index >= 15 is 0 Å². The highest BCUT2D eigenvalue weighted by Crippen LogP contribution is 2.35. The van der Waals surface area contributed by atoms with Crippen molar-refractivity contribution in [2.75, 3.05) is 5.32 Å². The lowest BCUT2D eigenvalue weighted by atomic mass is 10.00. The molecule has 1 saturated carbocycles. The predicted octanol–water partition coefficient (Wildman–Crippen LogP) is 5.41. The topological polar surface area (TPSA) is 12.0 Å². The lowest BCUT2D eigenvalue weighted by molar-refractivity contribution is 0.489. The van der Waals surface area contributed by atoms with Gasteiger partial charge in [0.25, 0.3) is 0 Å². The zero-order chi connectivity index (χ0) is 13.1. The van der Waals surface area contributed by atoms with Gasteiger partial charge in [-0.3, -0.25) is 0 Å². The van der Waals surface area contributed by atoms with Crippen LogP contribution in [-0.2, 0) is 0 Å². The summed E-state index contributed by atoms with van der Waals surface area (Å²) >= 11 is 1.81. The summed E-state index contributed by atoms with van der Waals surface area (Å²) in [6, 6.07) is 13.7. The molecule has 1 aromatic carbocycles. The average Bonchev–Trinajstić information content (AvgIpc) is 3.10. The van der Waals surface area contributed by atoms with Crippen molar-refractivity contribution in [1.82, 2.24) is 0 Å². The van der Waals surface area contributed by atoms with Gasteiger partial charge in [0.05, 0.1) is 0 Å². The molecule has 1 aromatic heterocycles. The standard InChI is InChI=1S/C17H21NS/c1-2-13-7-5-10-15(13)18-16-9-4-3-8-14(16)17-11-6-12-19-17/h3-4,6,8-9,11-13,15,18H,2,5,7,10H2,1H3. The third-order valence-corrected chi connectivity index (χ3v) is 5.14. The van der Waals surface area contributed by atoms with Crippen LogP contribution in [0.5, 0.6) is 0 Å². The van der Waals surface area contributed by atoms with E-state index in [2.05, 4.69) is 54.0 Å². The minimum atomic E-state index is 0.658. The fourth-order valence-electron chi connectivity index (χ4n) is 3.17. The molecule has 1 aliphatic carbocycles. The zero-order valence-corrected chi connectivity index (χ0v) is 12.2. The van der Waals surface area contributed by atoms with Crippen LogP contribution in [0.15, 0.2) is 41.8 Å². The summed E-state index contributed by atoms with van der Waals surface area (Å²) in [6.45, 7) is 2.32. The molecule has 0 amide bonds. The summed E-state index contributed by atoms with van der Waals surface area (Å²) in [5.74, 6) is 0.844. The highest BCUT2D eigenvalue weighted by Gasteiger charge is 2.26. The van der Waals surface area contributed by atoms with E-state index in [0.29, 0.717) is 6.04 Å². The van der Waals surface area contributed by atoms with Crippen molar-refractivity contribution in [3.8, 4) is 10.4 Å². The van der Waals surface area contributed by atoms with Crippen LogP contribution in [0.25, 0.3) is 10.4 Å². The Hall–Kier alpha value is -1.28. The van der Waals surface area contributed by atoms with Gasteiger partial charge in [0.2, 0.25) is 0 Å². The van der Waals surface area contributed by atoms with Crippen molar-refractivity contribution >= 4 is 17.0 Å². The van der Waals surface area contributed by atoms with E-state index in [-0.39, 0.29) is 0 Å². The van der Waals surface area contributed by atoms with Crippen LogP contribution in [0.3, 0.4) is 0 Å². The van der Waals surface area contributed by atoms with Gasteiger partial charge in [-0.1, -0.05) is 44.0 Å². The first-order chi connectivity index (χ1) is 9.38. The Morgan fingerprint density at radius 3 is 2.84 bits per heavy atom. The van der Waals surface area contributed by atoms with E-state index < -0.39 is 0 Å². The third kappa shape index (κ3) is 2.69. The predicted molar refractivity (Wildman–Crippen MR) is 84.8 cm³/mol. The second-order valence-corrected chi connectivity index (χ2v) is 6.32. The van der Waals surface area contributed by atoms with Gasteiger partial charge in [-0.2, -0.15) is 0 Å². The first-order valence-electron chi connectivity index (χ1n) is 7.28. The highest BCUT2D eigenvalue weighted by atomic mass is 32.1. The summed E-state index contributed by atoms with van der Waals surface area (Å²) < 4.78 is 0. The number of para-hydroxylation sites is 1. The Labute approximate surface area is 119 Å². The normalized spacial score (nSPS) is 22.6. The maximum atomic E-state index is 3.81. The molecular weight excluding hydrogens is 250 g/mol. The maximum Gasteiger partial charge on any atom is 0.0430 e. The van der Waals surface area contributed by atoms with Crippen molar-refractivity contribution in [3.63, 3.8) is 0 Å². The van der Waals surface area contributed by atoms with Crippen LogP contribution in [0, 0.1) is 5.92 Å². The largest absolute Gasteiger partial charge is 0.382 e. The molecule has 1 fully saturated rings. The van der Waals surface area contributed by atoms with Crippen molar-refractivity contribution in [2.45, 2.75) is 38.6 Å². The van der Waals surface area contributed by atoms with Gasteiger partial charge in [-0.15, -0.1) is 11.3 Å². The number of rotatable bonds is 4. The lowest BCUT2D eigenvalue weighted by Crippen LogP contribution is -2.23. The number of anilines is 1. The Balaban J connectivity index is 1.85. The Morgan fingerprint density at radius 1 is 1.16 bits per heavy atom. The first-order valence-corrected chi connectivity index (χ1v) is 8.16. The van der Waals surface area contributed by atoms with Gasteiger partial charge >= 0.3 is 0 Å². The molecule has 3 rings (SSSR count). The fourth-order valence-corrected chi connectivity index (χ4v) is 3.94. The van der Waals surface area contributed by atoms with E-state index in [1.807, 2.05) is 11.3 Å². The second-order valence-electron chi connectivity index (χ2n) is 5.37. The molecule has 2 unspecified atom stereocenters. The summed E-state index contributed by atoms with van der Waals surface area (Å²) in [7, 11) is 0. The van der Waals surface area contributed by atoms with Crippen molar-refractivity contribution in [3.05, 3.63) is 41.8 Å². The molecule has 1 nitrogen and oxygen atoms in total. The molecule has 19 heavy (non-hydrogen) atoms. The van der Waals surface area contributed by atoms with Crippen molar-refractivity contribution in [1.29, 1.82) is 0 Å². The third-order valence-electron chi connectivity index (χ3n) is 4.24. The molecule has 0 saturated heterocycles. The number of nitrogens with one attached hydrogen (secondary N) is 1. The minimum absolute atomic E-state index is 0.658. The van der Waals surface area contributed by atoms with Crippen molar-refractivity contribution < 1.29 is 0 Å². The monoisotopic (exact) mass is 271 g/mol. The van der Waals surface area contributed by atoms with Crippen LogP contribution in [0.1, 0.15) is 32.6 Å². The molecule has 0 aliphatic heterocycles.